The molecule has 2 rings (SSSR count). The van der Waals surface area contributed by atoms with Crippen LogP contribution in [-0.2, 0) is 4.74 Å². The van der Waals surface area contributed by atoms with Crippen LogP contribution in [0.2, 0.25) is 0 Å². The monoisotopic (exact) mass is 254 g/mol. The molecule has 2 unspecified atom stereocenters. The Bertz CT molecular complexity index is 259. The first-order valence-electron chi connectivity index (χ1n) is 7.74. The van der Waals surface area contributed by atoms with E-state index in [1.165, 1.54) is 38.5 Å². The third-order valence-corrected chi connectivity index (χ3v) is 4.95. The number of rotatable bonds is 3. The molecule has 2 aliphatic carbocycles. The van der Waals surface area contributed by atoms with Crippen LogP contribution in [0.15, 0.2) is 0 Å². The molecule has 2 saturated carbocycles. The fourth-order valence-electron chi connectivity index (χ4n) is 3.51. The maximum atomic E-state index is 10.2. The van der Waals surface area contributed by atoms with Crippen molar-refractivity contribution in [3.05, 3.63) is 0 Å². The molecule has 0 amide bonds. The molecule has 0 radical (unpaired) electrons. The molecule has 1 spiro atoms. The summed E-state index contributed by atoms with van der Waals surface area (Å²) in [7, 11) is 0. The van der Waals surface area contributed by atoms with Crippen LogP contribution in [-0.4, -0.2) is 23.9 Å². The normalized spacial score (nSPS) is 32.0. The molecule has 106 valence electrons. The van der Waals surface area contributed by atoms with Gasteiger partial charge in [-0.25, -0.2) is 0 Å². The van der Waals surface area contributed by atoms with E-state index in [0.29, 0.717) is 11.5 Å². The highest BCUT2D eigenvalue weighted by Gasteiger charge is 2.54. The van der Waals surface area contributed by atoms with E-state index in [4.69, 9.17) is 4.74 Å². The van der Waals surface area contributed by atoms with Gasteiger partial charge in [-0.15, -0.1) is 0 Å². The summed E-state index contributed by atoms with van der Waals surface area (Å²) in [6.45, 7) is 7.62. The summed E-state index contributed by atoms with van der Waals surface area (Å²) in [5.74, 6) is 0. The minimum absolute atomic E-state index is 0.102. The first-order valence-corrected chi connectivity index (χ1v) is 7.74. The Hall–Kier alpha value is -0.0800. The topological polar surface area (TPSA) is 29.5 Å². The van der Waals surface area contributed by atoms with Gasteiger partial charge >= 0.3 is 0 Å². The van der Waals surface area contributed by atoms with Crippen molar-refractivity contribution in [1.82, 2.24) is 0 Å². The minimum atomic E-state index is -0.102. The van der Waals surface area contributed by atoms with Crippen molar-refractivity contribution >= 4 is 0 Å². The Balaban J connectivity index is 1.85. The fourth-order valence-corrected chi connectivity index (χ4v) is 3.51. The van der Waals surface area contributed by atoms with E-state index in [9.17, 15) is 5.11 Å². The molecule has 18 heavy (non-hydrogen) atoms. The third kappa shape index (κ3) is 3.08. The van der Waals surface area contributed by atoms with Crippen molar-refractivity contribution in [2.24, 2.45) is 10.8 Å². The van der Waals surface area contributed by atoms with Crippen molar-refractivity contribution in [2.45, 2.75) is 84.3 Å². The van der Waals surface area contributed by atoms with E-state index in [0.717, 1.165) is 19.4 Å². The maximum absolute atomic E-state index is 10.2. The van der Waals surface area contributed by atoms with Gasteiger partial charge in [0.1, 0.15) is 0 Å². The van der Waals surface area contributed by atoms with Gasteiger partial charge in [-0.05, 0) is 24.7 Å². The Labute approximate surface area is 112 Å². The van der Waals surface area contributed by atoms with Crippen LogP contribution in [0.25, 0.3) is 0 Å². The summed E-state index contributed by atoms with van der Waals surface area (Å²) in [6, 6.07) is 0. The number of aliphatic hydroxyl groups is 1. The highest BCUT2D eigenvalue weighted by Crippen LogP contribution is 2.52. The molecular formula is C16H30O2. The predicted octanol–water partition coefficient (Wildman–Crippen LogP) is 3.91. The Morgan fingerprint density at radius 3 is 2.22 bits per heavy atom. The zero-order valence-corrected chi connectivity index (χ0v) is 12.4. The second-order valence-electron chi connectivity index (χ2n) is 7.57. The van der Waals surface area contributed by atoms with Crippen molar-refractivity contribution < 1.29 is 9.84 Å². The van der Waals surface area contributed by atoms with Crippen molar-refractivity contribution in [2.75, 3.05) is 6.61 Å². The van der Waals surface area contributed by atoms with Gasteiger partial charge in [0.25, 0.3) is 0 Å². The van der Waals surface area contributed by atoms with Gasteiger partial charge in [-0.3, -0.25) is 0 Å². The summed E-state index contributed by atoms with van der Waals surface area (Å²) in [4.78, 5) is 0. The molecule has 0 aromatic carbocycles. The van der Waals surface area contributed by atoms with Crippen LogP contribution < -0.4 is 0 Å². The van der Waals surface area contributed by atoms with Gasteiger partial charge in [0.15, 0.2) is 0 Å². The first-order chi connectivity index (χ1) is 8.44. The molecule has 0 bridgehead atoms. The summed E-state index contributed by atoms with van der Waals surface area (Å²) in [5.41, 5.74) is 0.466. The molecule has 0 heterocycles. The largest absolute Gasteiger partial charge is 0.392 e. The second-order valence-corrected chi connectivity index (χ2v) is 7.57. The molecule has 2 heteroatoms. The molecule has 0 saturated heterocycles. The number of ether oxygens (including phenoxy) is 1. The van der Waals surface area contributed by atoms with Gasteiger partial charge in [-0.2, -0.15) is 0 Å². The molecule has 1 N–H and O–H groups in total. The quantitative estimate of drug-likeness (QED) is 0.827. The zero-order valence-electron chi connectivity index (χ0n) is 12.4. The molecule has 0 aromatic heterocycles. The predicted molar refractivity (Wildman–Crippen MR) is 74.6 cm³/mol. The van der Waals surface area contributed by atoms with Gasteiger partial charge in [0.2, 0.25) is 0 Å². The Morgan fingerprint density at radius 2 is 1.72 bits per heavy atom. The molecule has 2 fully saturated rings. The Kier molecular flexibility index (Phi) is 4.38. The van der Waals surface area contributed by atoms with E-state index >= 15 is 0 Å². The lowest BCUT2D eigenvalue weighted by Gasteiger charge is -2.53. The number of hydrogen-bond donors (Lipinski definition) is 1. The average Bonchev–Trinajstić information content (AvgIpc) is 2.54. The smallest absolute Gasteiger partial charge is 0.0680 e. The lowest BCUT2D eigenvalue weighted by atomic mass is 9.59. The number of aliphatic hydroxyl groups excluding tert-OH is 1. The van der Waals surface area contributed by atoms with Crippen molar-refractivity contribution in [1.29, 1.82) is 0 Å². The molecule has 2 aliphatic rings. The van der Waals surface area contributed by atoms with E-state index in [-0.39, 0.29) is 11.5 Å². The molecule has 2 atom stereocenters. The third-order valence-electron chi connectivity index (χ3n) is 4.95. The summed E-state index contributed by atoms with van der Waals surface area (Å²) < 4.78 is 6.11. The van der Waals surface area contributed by atoms with Gasteiger partial charge < -0.3 is 9.84 Å². The van der Waals surface area contributed by atoms with Crippen LogP contribution in [0.5, 0.6) is 0 Å². The van der Waals surface area contributed by atoms with E-state index in [2.05, 4.69) is 20.8 Å². The highest BCUT2D eigenvalue weighted by atomic mass is 16.5. The van der Waals surface area contributed by atoms with E-state index < -0.39 is 0 Å². The van der Waals surface area contributed by atoms with E-state index in [1.807, 2.05) is 0 Å². The molecule has 0 aromatic rings. The second kappa shape index (κ2) is 5.50. The summed E-state index contributed by atoms with van der Waals surface area (Å²) in [6.07, 6.45) is 9.77. The van der Waals surface area contributed by atoms with Gasteiger partial charge in [0, 0.05) is 18.4 Å². The zero-order chi connectivity index (χ0) is 13.2. The van der Waals surface area contributed by atoms with Crippen molar-refractivity contribution in [3.63, 3.8) is 0 Å². The number of hydrogen-bond acceptors (Lipinski definition) is 2. The summed E-state index contributed by atoms with van der Waals surface area (Å²) in [5, 5.41) is 10.2. The summed E-state index contributed by atoms with van der Waals surface area (Å²) >= 11 is 0. The first kappa shape index (κ1) is 14.3. The van der Waals surface area contributed by atoms with Crippen LogP contribution in [0.4, 0.5) is 0 Å². The molecule has 0 aliphatic heterocycles. The van der Waals surface area contributed by atoms with Crippen LogP contribution in [0.3, 0.4) is 0 Å². The van der Waals surface area contributed by atoms with Crippen LogP contribution >= 0.6 is 0 Å². The Morgan fingerprint density at radius 1 is 1.11 bits per heavy atom. The average molecular weight is 254 g/mol. The lowest BCUT2D eigenvalue weighted by Crippen LogP contribution is -2.58. The highest BCUT2D eigenvalue weighted by molar-refractivity contribution is 5.04. The lowest BCUT2D eigenvalue weighted by molar-refractivity contribution is -0.200. The molecule has 2 nitrogen and oxygen atoms in total. The standard InChI is InChI=1S/C16H30O2/c1-15(2,3)10-11-18-14-12-13(17)16(14)8-6-4-5-7-9-16/h13-14,17H,4-12H2,1-3H3. The fraction of sp³-hybridized carbons (Fsp3) is 1.00. The van der Waals surface area contributed by atoms with Gasteiger partial charge in [0.05, 0.1) is 12.2 Å². The van der Waals surface area contributed by atoms with Gasteiger partial charge in [-0.1, -0.05) is 46.5 Å². The molecular weight excluding hydrogens is 224 g/mol. The minimum Gasteiger partial charge on any atom is -0.392 e. The van der Waals surface area contributed by atoms with Crippen LogP contribution in [0.1, 0.15) is 72.1 Å². The maximum Gasteiger partial charge on any atom is 0.0680 e. The van der Waals surface area contributed by atoms with E-state index in [1.54, 1.807) is 0 Å². The van der Waals surface area contributed by atoms with Crippen LogP contribution in [0, 0.1) is 10.8 Å². The van der Waals surface area contributed by atoms with Crippen molar-refractivity contribution in [3.8, 4) is 0 Å². The SMILES string of the molecule is CC(C)(C)CCOC1CC(O)C12CCCCCC2.